The lowest BCUT2D eigenvalue weighted by molar-refractivity contribution is -0.122. The number of carbonyl (C=O) groups is 1. The molecule has 0 aromatic carbocycles. The van der Waals surface area contributed by atoms with Crippen molar-refractivity contribution in [3.8, 4) is 0 Å². The van der Waals surface area contributed by atoms with E-state index in [1.54, 1.807) is 7.05 Å². The Morgan fingerprint density at radius 2 is 2.00 bits per heavy atom. The van der Waals surface area contributed by atoms with Crippen LogP contribution in [0.4, 0.5) is 0 Å². The average molecular weight is 215 g/mol. The summed E-state index contributed by atoms with van der Waals surface area (Å²) in [7, 11) is 1.63. The highest BCUT2D eigenvalue weighted by Crippen LogP contribution is 2.15. The molecule has 90 valence electrons. The summed E-state index contributed by atoms with van der Waals surface area (Å²) in [5, 5.41) is 12.4. The normalized spacial score (nSPS) is 14.7. The predicted molar refractivity (Wildman–Crippen MR) is 62.6 cm³/mol. The Kier molecular flexibility index (Phi) is 8.38. The van der Waals surface area contributed by atoms with E-state index in [9.17, 15) is 9.90 Å². The van der Waals surface area contributed by atoms with E-state index < -0.39 is 0 Å². The summed E-state index contributed by atoms with van der Waals surface area (Å²) in [5.41, 5.74) is 0. The molecule has 2 atom stereocenters. The molecule has 0 heterocycles. The predicted octanol–water partition coefficient (Wildman–Crippen LogP) is 2.09. The molecule has 3 nitrogen and oxygen atoms in total. The van der Waals surface area contributed by atoms with Crippen LogP contribution >= 0.6 is 0 Å². The van der Waals surface area contributed by atoms with Gasteiger partial charge in [0.2, 0.25) is 5.91 Å². The van der Waals surface area contributed by atoms with Gasteiger partial charge in [-0.15, -0.1) is 0 Å². The summed E-state index contributed by atoms with van der Waals surface area (Å²) in [4.78, 5) is 11.1. The van der Waals surface area contributed by atoms with Gasteiger partial charge in [0.25, 0.3) is 0 Å². The lowest BCUT2D eigenvalue weighted by atomic mass is 9.95. The minimum Gasteiger partial charge on any atom is -0.393 e. The zero-order valence-electron chi connectivity index (χ0n) is 10.3. The molecule has 0 saturated heterocycles. The zero-order valence-corrected chi connectivity index (χ0v) is 10.3. The minimum atomic E-state index is -0.334. The van der Waals surface area contributed by atoms with Crippen molar-refractivity contribution >= 4 is 5.91 Å². The summed E-state index contributed by atoms with van der Waals surface area (Å²) >= 11 is 0. The molecule has 0 spiro atoms. The molecular weight excluding hydrogens is 190 g/mol. The maximum absolute atomic E-state index is 11.1. The van der Waals surface area contributed by atoms with Gasteiger partial charge in [0.15, 0.2) is 0 Å². The topological polar surface area (TPSA) is 49.3 Å². The van der Waals surface area contributed by atoms with E-state index in [1.807, 2.05) is 6.92 Å². The Hall–Kier alpha value is -0.570. The van der Waals surface area contributed by atoms with E-state index in [0.29, 0.717) is 6.42 Å². The summed E-state index contributed by atoms with van der Waals surface area (Å²) in [6.45, 7) is 4.10. The quantitative estimate of drug-likeness (QED) is 0.609. The van der Waals surface area contributed by atoms with Crippen molar-refractivity contribution in [1.82, 2.24) is 5.32 Å². The van der Waals surface area contributed by atoms with E-state index in [-0.39, 0.29) is 17.9 Å². The zero-order chi connectivity index (χ0) is 11.7. The summed E-state index contributed by atoms with van der Waals surface area (Å²) in [6.07, 6.45) is 5.59. The molecule has 0 radical (unpaired) electrons. The molecule has 0 bridgehead atoms. The van der Waals surface area contributed by atoms with E-state index in [2.05, 4.69) is 12.2 Å². The van der Waals surface area contributed by atoms with Gasteiger partial charge in [0.1, 0.15) is 0 Å². The maximum Gasteiger partial charge on any atom is 0.220 e. The fourth-order valence-electron chi connectivity index (χ4n) is 1.60. The van der Waals surface area contributed by atoms with Crippen LogP contribution in [0.5, 0.6) is 0 Å². The fourth-order valence-corrected chi connectivity index (χ4v) is 1.60. The van der Waals surface area contributed by atoms with Crippen LogP contribution in [0.25, 0.3) is 0 Å². The van der Waals surface area contributed by atoms with E-state index in [0.717, 1.165) is 12.8 Å². The molecule has 0 aromatic heterocycles. The molecule has 0 saturated carbocycles. The average Bonchev–Trinajstić information content (AvgIpc) is 2.23. The minimum absolute atomic E-state index is 0.00936. The SMILES string of the molecule is CCCCCCC(O)C(C)CC(=O)NC. The van der Waals surface area contributed by atoms with E-state index in [4.69, 9.17) is 0 Å². The molecule has 0 rings (SSSR count). The molecule has 0 fully saturated rings. The van der Waals surface area contributed by atoms with Gasteiger partial charge in [-0.1, -0.05) is 39.5 Å². The molecule has 3 heteroatoms. The number of rotatable bonds is 8. The molecule has 0 aliphatic carbocycles. The van der Waals surface area contributed by atoms with Crippen molar-refractivity contribution in [2.24, 2.45) is 5.92 Å². The lowest BCUT2D eigenvalue weighted by Gasteiger charge is -2.17. The molecule has 2 unspecified atom stereocenters. The second-order valence-electron chi connectivity index (χ2n) is 4.27. The number of amides is 1. The van der Waals surface area contributed by atoms with Crippen LogP contribution in [-0.4, -0.2) is 24.2 Å². The molecule has 15 heavy (non-hydrogen) atoms. The van der Waals surface area contributed by atoms with E-state index >= 15 is 0 Å². The molecular formula is C12H25NO2. The van der Waals surface area contributed by atoms with Crippen molar-refractivity contribution in [2.75, 3.05) is 7.05 Å². The van der Waals surface area contributed by atoms with Crippen LogP contribution in [0.3, 0.4) is 0 Å². The Balaban J connectivity index is 3.59. The van der Waals surface area contributed by atoms with Gasteiger partial charge in [-0.25, -0.2) is 0 Å². The smallest absolute Gasteiger partial charge is 0.220 e. The van der Waals surface area contributed by atoms with Crippen molar-refractivity contribution in [3.05, 3.63) is 0 Å². The summed E-state index contributed by atoms with van der Waals surface area (Å²) in [6, 6.07) is 0. The van der Waals surface area contributed by atoms with Gasteiger partial charge in [-0.3, -0.25) is 4.79 Å². The first-order valence-corrected chi connectivity index (χ1v) is 6.00. The Morgan fingerprint density at radius 1 is 1.33 bits per heavy atom. The molecule has 0 aliphatic heterocycles. The Labute approximate surface area is 93.3 Å². The van der Waals surface area contributed by atoms with Gasteiger partial charge >= 0.3 is 0 Å². The highest BCUT2D eigenvalue weighted by Gasteiger charge is 2.16. The molecule has 0 aromatic rings. The fraction of sp³-hybridized carbons (Fsp3) is 0.917. The van der Waals surface area contributed by atoms with E-state index in [1.165, 1.54) is 19.3 Å². The van der Waals surface area contributed by atoms with Gasteiger partial charge in [0.05, 0.1) is 6.10 Å². The largest absolute Gasteiger partial charge is 0.393 e. The highest BCUT2D eigenvalue weighted by atomic mass is 16.3. The van der Waals surface area contributed by atoms with Crippen LogP contribution in [0.1, 0.15) is 52.4 Å². The standard InChI is InChI=1S/C12H25NO2/c1-4-5-6-7-8-11(14)10(2)9-12(15)13-3/h10-11,14H,4-9H2,1-3H3,(H,13,15). The van der Waals surface area contributed by atoms with Gasteiger partial charge in [-0.2, -0.15) is 0 Å². The number of aliphatic hydroxyl groups excluding tert-OH is 1. The summed E-state index contributed by atoms with van der Waals surface area (Å²) in [5.74, 6) is 0.0710. The molecule has 1 amide bonds. The number of carbonyl (C=O) groups excluding carboxylic acids is 1. The first-order chi connectivity index (χ1) is 7.11. The van der Waals surface area contributed by atoms with Gasteiger partial charge in [-0.05, 0) is 12.3 Å². The van der Waals surface area contributed by atoms with Crippen molar-refractivity contribution < 1.29 is 9.90 Å². The van der Waals surface area contributed by atoms with Crippen LogP contribution in [0, 0.1) is 5.92 Å². The van der Waals surface area contributed by atoms with Crippen molar-refractivity contribution in [2.45, 2.75) is 58.5 Å². The third kappa shape index (κ3) is 7.37. The first-order valence-electron chi connectivity index (χ1n) is 6.00. The Bertz CT molecular complexity index is 171. The maximum atomic E-state index is 11.1. The van der Waals surface area contributed by atoms with Crippen LogP contribution < -0.4 is 5.32 Å². The third-order valence-corrected chi connectivity index (χ3v) is 2.80. The number of unbranched alkanes of at least 4 members (excludes halogenated alkanes) is 3. The highest BCUT2D eigenvalue weighted by molar-refractivity contribution is 5.75. The van der Waals surface area contributed by atoms with Crippen LogP contribution in [-0.2, 0) is 4.79 Å². The number of aliphatic hydroxyl groups is 1. The second-order valence-corrected chi connectivity index (χ2v) is 4.27. The third-order valence-electron chi connectivity index (χ3n) is 2.80. The monoisotopic (exact) mass is 215 g/mol. The van der Waals surface area contributed by atoms with Crippen molar-refractivity contribution in [1.29, 1.82) is 0 Å². The first kappa shape index (κ1) is 14.4. The second kappa shape index (κ2) is 8.72. The molecule has 2 N–H and O–H groups in total. The number of hydrogen-bond acceptors (Lipinski definition) is 2. The van der Waals surface area contributed by atoms with Crippen molar-refractivity contribution in [3.63, 3.8) is 0 Å². The molecule has 0 aliphatic rings. The summed E-state index contributed by atoms with van der Waals surface area (Å²) < 4.78 is 0. The van der Waals surface area contributed by atoms with Crippen LogP contribution in [0.2, 0.25) is 0 Å². The van der Waals surface area contributed by atoms with Gasteiger partial charge < -0.3 is 10.4 Å². The van der Waals surface area contributed by atoms with Gasteiger partial charge in [0, 0.05) is 13.5 Å². The number of nitrogens with one attached hydrogen (secondary N) is 1. The van der Waals surface area contributed by atoms with Crippen LogP contribution in [0.15, 0.2) is 0 Å². The Morgan fingerprint density at radius 3 is 2.53 bits per heavy atom. The lowest BCUT2D eigenvalue weighted by Crippen LogP contribution is -2.26. The number of hydrogen-bond donors (Lipinski definition) is 2.